The summed E-state index contributed by atoms with van der Waals surface area (Å²) in [6.07, 6.45) is 0.551. The molecule has 0 bridgehead atoms. The van der Waals surface area contributed by atoms with Crippen LogP contribution in [0.1, 0.15) is 13.3 Å². The van der Waals surface area contributed by atoms with Crippen molar-refractivity contribution in [3.63, 3.8) is 0 Å². The molecule has 0 saturated carbocycles. The van der Waals surface area contributed by atoms with E-state index in [1.54, 1.807) is 12.1 Å². The van der Waals surface area contributed by atoms with Gasteiger partial charge >= 0.3 is 11.8 Å². The quantitative estimate of drug-likeness (QED) is 0.613. The minimum absolute atomic E-state index is 0.199. The average Bonchev–Trinajstić information content (AvgIpc) is 2.62. The molecule has 24 heavy (non-hydrogen) atoms. The predicted octanol–water partition coefficient (Wildman–Crippen LogP) is 2.26. The number of hydrogen-bond donors (Lipinski definition) is 4. The van der Waals surface area contributed by atoms with E-state index in [1.807, 2.05) is 49.4 Å². The highest BCUT2D eigenvalue weighted by molar-refractivity contribution is 6.39. The van der Waals surface area contributed by atoms with Gasteiger partial charge in [0, 0.05) is 17.1 Å². The Kier molecular flexibility index (Phi) is 6.33. The third kappa shape index (κ3) is 5.10. The number of benzene rings is 2. The summed E-state index contributed by atoms with van der Waals surface area (Å²) < 4.78 is 0. The number of aliphatic hydroxyl groups is 1. The second kappa shape index (κ2) is 8.69. The zero-order chi connectivity index (χ0) is 17.4. The molecule has 0 aromatic heterocycles. The van der Waals surface area contributed by atoms with Gasteiger partial charge in [0.2, 0.25) is 0 Å². The van der Waals surface area contributed by atoms with Gasteiger partial charge in [0.1, 0.15) is 0 Å². The summed E-state index contributed by atoms with van der Waals surface area (Å²) >= 11 is 0. The van der Waals surface area contributed by atoms with Crippen molar-refractivity contribution in [2.75, 3.05) is 17.2 Å². The summed E-state index contributed by atoms with van der Waals surface area (Å²) in [6, 6.07) is 16.3. The van der Waals surface area contributed by atoms with E-state index in [9.17, 15) is 9.59 Å². The van der Waals surface area contributed by atoms with Crippen LogP contribution in [0.5, 0.6) is 0 Å². The van der Waals surface area contributed by atoms with Crippen molar-refractivity contribution in [3.8, 4) is 0 Å². The molecular weight excluding hydrogens is 306 g/mol. The summed E-state index contributed by atoms with van der Waals surface area (Å²) in [5, 5.41) is 17.3. The van der Waals surface area contributed by atoms with Crippen molar-refractivity contribution in [3.05, 3.63) is 54.6 Å². The van der Waals surface area contributed by atoms with Crippen molar-refractivity contribution in [2.45, 2.75) is 19.4 Å². The maximum absolute atomic E-state index is 11.8. The molecule has 6 heteroatoms. The Bertz CT molecular complexity index is 668. The minimum Gasteiger partial charge on any atom is -0.394 e. The van der Waals surface area contributed by atoms with Gasteiger partial charge in [0.25, 0.3) is 0 Å². The molecule has 2 aromatic carbocycles. The lowest BCUT2D eigenvalue weighted by molar-refractivity contribution is -0.136. The molecular formula is C18H21N3O3. The van der Waals surface area contributed by atoms with E-state index in [4.69, 9.17) is 5.11 Å². The van der Waals surface area contributed by atoms with Crippen molar-refractivity contribution in [1.29, 1.82) is 0 Å². The first-order valence-corrected chi connectivity index (χ1v) is 7.77. The number of aliphatic hydroxyl groups excluding tert-OH is 1. The van der Waals surface area contributed by atoms with Crippen molar-refractivity contribution in [2.24, 2.45) is 0 Å². The molecule has 2 rings (SSSR count). The number of nitrogens with one attached hydrogen (secondary N) is 3. The molecule has 0 saturated heterocycles. The van der Waals surface area contributed by atoms with Crippen LogP contribution in [-0.4, -0.2) is 29.6 Å². The van der Waals surface area contributed by atoms with E-state index >= 15 is 0 Å². The van der Waals surface area contributed by atoms with E-state index < -0.39 is 17.9 Å². The first-order valence-electron chi connectivity index (χ1n) is 7.77. The zero-order valence-electron chi connectivity index (χ0n) is 13.5. The molecule has 0 radical (unpaired) electrons. The summed E-state index contributed by atoms with van der Waals surface area (Å²) in [5.74, 6) is -1.52. The number of para-hydroxylation sites is 1. The first kappa shape index (κ1) is 17.5. The van der Waals surface area contributed by atoms with Gasteiger partial charge in [-0.15, -0.1) is 0 Å². The molecule has 0 aliphatic rings. The van der Waals surface area contributed by atoms with Crippen molar-refractivity contribution < 1.29 is 14.7 Å². The van der Waals surface area contributed by atoms with Crippen molar-refractivity contribution in [1.82, 2.24) is 5.32 Å². The lowest BCUT2D eigenvalue weighted by Crippen LogP contribution is -2.43. The number of amides is 2. The highest BCUT2D eigenvalue weighted by atomic mass is 16.3. The Morgan fingerprint density at radius 2 is 1.50 bits per heavy atom. The van der Waals surface area contributed by atoms with E-state index in [2.05, 4.69) is 16.0 Å². The van der Waals surface area contributed by atoms with Crippen LogP contribution in [0.4, 0.5) is 17.1 Å². The van der Waals surface area contributed by atoms with Gasteiger partial charge in [-0.1, -0.05) is 25.1 Å². The Hall–Kier alpha value is -2.86. The Balaban J connectivity index is 1.91. The fourth-order valence-electron chi connectivity index (χ4n) is 2.04. The molecule has 4 N–H and O–H groups in total. The third-order valence-corrected chi connectivity index (χ3v) is 3.46. The maximum atomic E-state index is 11.8. The van der Waals surface area contributed by atoms with E-state index in [-0.39, 0.29) is 6.61 Å². The van der Waals surface area contributed by atoms with Crippen LogP contribution in [0, 0.1) is 0 Å². The summed E-state index contributed by atoms with van der Waals surface area (Å²) in [4.78, 5) is 23.6. The molecule has 0 fully saturated rings. The maximum Gasteiger partial charge on any atom is 0.313 e. The zero-order valence-corrected chi connectivity index (χ0v) is 13.5. The van der Waals surface area contributed by atoms with Gasteiger partial charge in [0.15, 0.2) is 0 Å². The normalized spacial score (nSPS) is 11.4. The lowest BCUT2D eigenvalue weighted by Gasteiger charge is -2.13. The number of carbonyl (C=O) groups is 2. The van der Waals surface area contributed by atoms with Crippen LogP contribution < -0.4 is 16.0 Å². The van der Waals surface area contributed by atoms with Crippen molar-refractivity contribution >= 4 is 28.9 Å². The standard InChI is InChI=1S/C18H21N3O3/c1-2-13(12-22)20-17(23)18(24)21-16-10-8-15(9-11-16)19-14-6-4-3-5-7-14/h3-11,13,19,22H,2,12H2,1H3,(H,20,23)(H,21,24). The molecule has 2 amide bonds. The van der Waals surface area contributed by atoms with Crippen LogP contribution in [0.15, 0.2) is 54.6 Å². The average molecular weight is 327 g/mol. The highest BCUT2D eigenvalue weighted by Crippen LogP contribution is 2.18. The molecule has 2 aromatic rings. The van der Waals surface area contributed by atoms with Crippen LogP contribution in [0.25, 0.3) is 0 Å². The SMILES string of the molecule is CCC(CO)NC(=O)C(=O)Nc1ccc(Nc2ccccc2)cc1. The topological polar surface area (TPSA) is 90.5 Å². The molecule has 126 valence electrons. The van der Waals surface area contributed by atoms with Gasteiger partial charge < -0.3 is 21.1 Å². The molecule has 1 atom stereocenters. The molecule has 0 spiro atoms. The smallest absolute Gasteiger partial charge is 0.313 e. The second-order valence-electron chi connectivity index (χ2n) is 5.28. The van der Waals surface area contributed by atoms with Crippen LogP contribution >= 0.6 is 0 Å². The third-order valence-electron chi connectivity index (χ3n) is 3.46. The summed E-state index contributed by atoms with van der Waals surface area (Å²) in [6.45, 7) is 1.62. The fourth-order valence-corrected chi connectivity index (χ4v) is 2.04. The Labute approximate surface area is 140 Å². The number of hydrogen-bond acceptors (Lipinski definition) is 4. The number of rotatable bonds is 6. The van der Waals surface area contributed by atoms with Gasteiger partial charge in [-0.05, 0) is 42.8 Å². The lowest BCUT2D eigenvalue weighted by atomic mass is 10.2. The van der Waals surface area contributed by atoms with Gasteiger partial charge in [0.05, 0.1) is 12.6 Å². The van der Waals surface area contributed by atoms with Crippen LogP contribution in [-0.2, 0) is 9.59 Å². The molecule has 0 heterocycles. The molecule has 0 aliphatic carbocycles. The van der Waals surface area contributed by atoms with Gasteiger partial charge in [-0.25, -0.2) is 0 Å². The first-order chi connectivity index (χ1) is 11.6. The molecule has 0 aliphatic heterocycles. The van der Waals surface area contributed by atoms with E-state index in [1.165, 1.54) is 0 Å². The monoisotopic (exact) mass is 327 g/mol. The number of anilines is 3. The van der Waals surface area contributed by atoms with Gasteiger partial charge in [-0.2, -0.15) is 0 Å². The number of carbonyl (C=O) groups excluding carboxylic acids is 2. The second-order valence-corrected chi connectivity index (χ2v) is 5.28. The van der Waals surface area contributed by atoms with E-state index in [0.29, 0.717) is 12.1 Å². The molecule has 6 nitrogen and oxygen atoms in total. The summed E-state index contributed by atoms with van der Waals surface area (Å²) in [5.41, 5.74) is 2.35. The largest absolute Gasteiger partial charge is 0.394 e. The minimum atomic E-state index is -0.762. The fraction of sp³-hybridized carbons (Fsp3) is 0.222. The van der Waals surface area contributed by atoms with E-state index in [0.717, 1.165) is 11.4 Å². The van der Waals surface area contributed by atoms with Crippen LogP contribution in [0.3, 0.4) is 0 Å². The summed E-state index contributed by atoms with van der Waals surface area (Å²) in [7, 11) is 0. The van der Waals surface area contributed by atoms with Gasteiger partial charge in [-0.3, -0.25) is 9.59 Å². The Morgan fingerprint density at radius 1 is 0.917 bits per heavy atom. The highest BCUT2D eigenvalue weighted by Gasteiger charge is 2.17. The Morgan fingerprint density at radius 3 is 2.08 bits per heavy atom. The molecule has 1 unspecified atom stereocenters. The predicted molar refractivity (Wildman–Crippen MR) is 94.1 cm³/mol. The van der Waals surface area contributed by atoms with Crippen LogP contribution in [0.2, 0.25) is 0 Å².